The fourth-order valence-corrected chi connectivity index (χ4v) is 2.53. The predicted molar refractivity (Wildman–Crippen MR) is 88.8 cm³/mol. The summed E-state index contributed by atoms with van der Waals surface area (Å²) < 4.78 is 31.4. The molecule has 6 nitrogen and oxygen atoms in total. The summed E-state index contributed by atoms with van der Waals surface area (Å²) in [6.07, 6.45) is 4.02. The van der Waals surface area contributed by atoms with Crippen LogP contribution in [0.2, 0.25) is 0 Å². The Morgan fingerprint density at radius 2 is 1.45 bits per heavy atom. The molecule has 0 aliphatic heterocycles. The van der Waals surface area contributed by atoms with Gasteiger partial charge in [-0.15, -0.1) is 0 Å². The van der Waals surface area contributed by atoms with Crippen LogP contribution in [0.3, 0.4) is 0 Å². The highest BCUT2D eigenvalue weighted by molar-refractivity contribution is 7.60. The highest BCUT2D eigenvalue weighted by Crippen LogP contribution is 2.32. The molecule has 0 bridgehead atoms. The summed E-state index contributed by atoms with van der Waals surface area (Å²) in [5.74, 6) is 0. The predicted octanol–water partition coefficient (Wildman–Crippen LogP) is 3.50. The summed E-state index contributed by atoms with van der Waals surface area (Å²) in [5, 5.41) is 0.0648. The molecule has 128 valence electrons. The molecule has 0 atom stereocenters. The van der Waals surface area contributed by atoms with E-state index in [-0.39, 0.29) is 5.30 Å². The van der Waals surface area contributed by atoms with Gasteiger partial charge in [-0.1, -0.05) is 44.9 Å². The van der Waals surface area contributed by atoms with E-state index in [1.807, 2.05) is 0 Å². The van der Waals surface area contributed by atoms with Gasteiger partial charge in [0.1, 0.15) is 0 Å². The van der Waals surface area contributed by atoms with Crippen LogP contribution in [-0.4, -0.2) is 23.0 Å². The molecule has 1 aromatic carbocycles. The highest BCUT2D eigenvalue weighted by atomic mass is 31.2. The normalized spacial score (nSPS) is 11.1. The SMILES string of the molecule is CCCCO[PH](=O)OCCCC.O=P(O)(O)c1ccccc1. The maximum atomic E-state index is 10.9. The lowest BCUT2D eigenvalue weighted by Gasteiger charge is -2.03. The summed E-state index contributed by atoms with van der Waals surface area (Å²) in [4.78, 5) is 17.2. The molecule has 22 heavy (non-hydrogen) atoms. The van der Waals surface area contributed by atoms with Crippen LogP contribution in [-0.2, 0) is 18.2 Å². The van der Waals surface area contributed by atoms with Gasteiger partial charge in [0.25, 0.3) is 0 Å². The zero-order valence-corrected chi connectivity index (χ0v) is 15.0. The molecule has 2 N–H and O–H groups in total. The van der Waals surface area contributed by atoms with Crippen molar-refractivity contribution in [3.05, 3.63) is 30.3 Å². The molecular formula is C14H26O6P2. The van der Waals surface area contributed by atoms with E-state index in [9.17, 15) is 9.13 Å². The summed E-state index contributed by atoms with van der Waals surface area (Å²) >= 11 is 0. The number of benzene rings is 1. The Kier molecular flexibility index (Phi) is 12.7. The van der Waals surface area contributed by atoms with Crippen molar-refractivity contribution in [2.75, 3.05) is 13.2 Å². The van der Waals surface area contributed by atoms with Crippen LogP contribution in [0.25, 0.3) is 0 Å². The molecule has 1 rings (SSSR count). The van der Waals surface area contributed by atoms with Crippen molar-refractivity contribution in [2.45, 2.75) is 39.5 Å². The molecular weight excluding hydrogens is 326 g/mol. The molecule has 0 radical (unpaired) electrons. The van der Waals surface area contributed by atoms with E-state index >= 15 is 0 Å². The topological polar surface area (TPSA) is 93.1 Å². The summed E-state index contributed by atoms with van der Waals surface area (Å²) in [7, 11) is -6.20. The van der Waals surface area contributed by atoms with Crippen molar-refractivity contribution in [1.82, 2.24) is 0 Å². The van der Waals surface area contributed by atoms with Crippen LogP contribution in [0.4, 0.5) is 0 Å². The Morgan fingerprint density at radius 1 is 1.00 bits per heavy atom. The molecule has 1 aromatic rings. The van der Waals surface area contributed by atoms with Gasteiger partial charge < -0.3 is 18.8 Å². The average molecular weight is 352 g/mol. The van der Waals surface area contributed by atoms with Crippen molar-refractivity contribution < 1.29 is 28.0 Å². The maximum Gasteiger partial charge on any atom is 0.356 e. The number of hydrogen-bond acceptors (Lipinski definition) is 4. The smallest absolute Gasteiger partial charge is 0.321 e. The van der Waals surface area contributed by atoms with E-state index in [4.69, 9.17) is 18.8 Å². The lowest BCUT2D eigenvalue weighted by atomic mass is 10.4. The van der Waals surface area contributed by atoms with Gasteiger partial charge in [-0.05, 0) is 25.0 Å². The van der Waals surface area contributed by atoms with E-state index in [1.54, 1.807) is 18.2 Å². The van der Waals surface area contributed by atoms with Crippen molar-refractivity contribution in [1.29, 1.82) is 0 Å². The lowest BCUT2D eigenvalue weighted by molar-refractivity contribution is 0.221. The minimum Gasteiger partial charge on any atom is -0.321 e. The third-order valence-electron chi connectivity index (χ3n) is 2.53. The van der Waals surface area contributed by atoms with E-state index in [2.05, 4.69) is 13.8 Å². The fourth-order valence-electron chi connectivity index (χ4n) is 1.26. The molecule has 0 saturated heterocycles. The molecule has 0 heterocycles. The fraction of sp³-hybridized carbons (Fsp3) is 0.571. The molecule has 0 fully saturated rings. The minimum atomic E-state index is -4.02. The standard InChI is InChI=1S/C8H19O3P.C6H7O3P/c1-3-5-7-10-12(9)11-8-6-4-2;7-10(8,9)6-4-2-1-3-5-6/h12H,3-8H2,1-2H3;1-5H,(H2,7,8,9). The van der Waals surface area contributed by atoms with Crippen molar-refractivity contribution in [3.63, 3.8) is 0 Å². The van der Waals surface area contributed by atoms with Crippen molar-refractivity contribution >= 4 is 21.2 Å². The molecule has 0 aromatic heterocycles. The summed E-state index contributed by atoms with van der Waals surface area (Å²) in [6, 6.07) is 7.70. The van der Waals surface area contributed by atoms with Gasteiger partial charge in [0.05, 0.1) is 18.5 Å². The Morgan fingerprint density at radius 3 is 1.77 bits per heavy atom. The van der Waals surface area contributed by atoms with Gasteiger partial charge in [-0.3, -0.25) is 9.13 Å². The van der Waals surface area contributed by atoms with Crippen LogP contribution < -0.4 is 5.30 Å². The number of rotatable bonds is 9. The molecule has 0 aliphatic rings. The van der Waals surface area contributed by atoms with E-state index in [1.165, 1.54) is 12.1 Å². The molecule has 0 amide bonds. The molecule has 0 saturated carbocycles. The first-order valence-electron chi connectivity index (χ1n) is 7.32. The van der Waals surface area contributed by atoms with Crippen molar-refractivity contribution in [3.8, 4) is 0 Å². The van der Waals surface area contributed by atoms with Crippen LogP contribution in [0, 0.1) is 0 Å². The van der Waals surface area contributed by atoms with E-state index < -0.39 is 15.9 Å². The third-order valence-corrected chi connectivity index (χ3v) is 4.38. The zero-order valence-electron chi connectivity index (χ0n) is 13.1. The Hall–Kier alpha value is -0.480. The molecule has 0 unspecified atom stereocenters. The van der Waals surface area contributed by atoms with Gasteiger partial charge in [0, 0.05) is 0 Å². The lowest BCUT2D eigenvalue weighted by Crippen LogP contribution is -2.01. The second kappa shape index (κ2) is 13.0. The minimum absolute atomic E-state index is 0.0648. The zero-order chi connectivity index (χ0) is 16.8. The van der Waals surface area contributed by atoms with Crippen LogP contribution in [0.1, 0.15) is 39.5 Å². The van der Waals surface area contributed by atoms with Gasteiger partial charge >= 0.3 is 15.9 Å². The summed E-state index contributed by atoms with van der Waals surface area (Å²) in [5.41, 5.74) is 0. The van der Waals surface area contributed by atoms with Crippen molar-refractivity contribution in [2.24, 2.45) is 0 Å². The molecule has 0 aliphatic carbocycles. The Labute approximate surface area is 133 Å². The van der Waals surface area contributed by atoms with Crippen LogP contribution in [0.5, 0.6) is 0 Å². The first kappa shape index (κ1) is 21.5. The van der Waals surface area contributed by atoms with Gasteiger partial charge in [0.15, 0.2) is 0 Å². The first-order valence-corrected chi connectivity index (χ1v) is 10.2. The second-order valence-electron chi connectivity index (χ2n) is 4.53. The maximum absolute atomic E-state index is 10.9. The highest BCUT2D eigenvalue weighted by Gasteiger charge is 2.14. The third kappa shape index (κ3) is 12.1. The summed E-state index contributed by atoms with van der Waals surface area (Å²) in [6.45, 7) is 5.25. The van der Waals surface area contributed by atoms with E-state index in [0.29, 0.717) is 13.2 Å². The van der Waals surface area contributed by atoms with Crippen LogP contribution in [0.15, 0.2) is 30.3 Å². The largest absolute Gasteiger partial charge is 0.356 e. The average Bonchev–Trinajstić information content (AvgIpc) is 2.49. The Bertz CT molecular complexity index is 434. The first-order chi connectivity index (χ1) is 10.4. The van der Waals surface area contributed by atoms with Gasteiger partial charge in [0.2, 0.25) is 0 Å². The monoisotopic (exact) mass is 352 g/mol. The van der Waals surface area contributed by atoms with Gasteiger partial charge in [-0.25, -0.2) is 0 Å². The van der Waals surface area contributed by atoms with E-state index in [0.717, 1.165) is 25.7 Å². The quantitative estimate of drug-likeness (QED) is 0.522. The Balaban J connectivity index is 0.000000406. The molecule has 0 spiro atoms. The second-order valence-corrected chi connectivity index (χ2v) is 7.22. The van der Waals surface area contributed by atoms with Crippen LogP contribution >= 0.6 is 15.9 Å². The molecule has 8 heteroatoms. The number of unbranched alkanes of at least 4 members (excludes halogenated alkanes) is 2. The number of hydrogen-bond donors (Lipinski definition) is 2. The van der Waals surface area contributed by atoms with Gasteiger partial charge in [-0.2, -0.15) is 0 Å².